The van der Waals surface area contributed by atoms with Crippen molar-refractivity contribution >= 4 is 5.97 Å². The summed E-state index contributed by atoms with van der Waals surface area (Å²) >= 11 is 0. The molecule has 1 radical (unpaired) electrons. The second-order valence-electron chi connectivity index (χ2n) is 1.18. The van der Waals surface area contributed by atoms with Crippen LogP contribution in [0.4, 0.5) is 0 Å². The van der Waals surface area contributed by atoms with Crippen molar-refractivity contribution in [2.45, 2.75) is 6.92 Å². The van der Waals surface area contributed by atoms with Crippen LogP contribution in [-0.2, 0) is 9.53 Å². The number of allylic oxidation sites excluding steroid dienone is 1. The third-order valence-corrected chi connectivity index (χ3v) is 0.288. The van der Waals surface area contributed by atoms with Gasteiger partial charge >= 0.3 is 5.97 Å². The van der Waals surface area contributed by atoms with E-state index in [2.05, 4.69) is 18.2 Å². The highest BCUT2D eigenvalue weighted by Crippen LogP contribution is 1.87. The van der Waals surface area contributed by atoms with Gasteiger partial charge in [0.25, 0.3) is 0 Å². The summed E-state index contributed by atoms with van der Waals surface area (Å²) in [5.41, 5.74) is 0. The van der Waals surface area contributed by atoms with E-state index in [0.29, 0.717) is 5.76 Å². The molecule has 0 spiro atoms. The summed E-state index contributed by atoms with van der Waals surface area (Å²) in [4.78, 5) is 9.86. The Hall–Kier alpha value is -0.790. The number of hydrogen-bond donors (Lipinski definition) is 0. The molecule has 0 atom stereocenters. The van der Waals surface area contributed by atoms with Crippen LogP contribution in [0.1, 0.15) is 6.92 Å². The van der Waals surface area contributed by atoms with Crippen LogP contribution < -0.4 is 0 Å². The number of rotatable bonds is 1. The molecule has 2 heteroatoms. The predicted octanol–water partition coefficient (Wildman–Crippen LogP) is 0.897. The summed E-state index contributed by atoms with van der Waals surface area (Å²) in [5.74, 6) is -0.188. The first-order chi connectivity index (χ1) is 3.13. The molecular formula is C5H7O2. The Morgan fingerprint density at radius 2 is 2.14 bits per heavy atom. The zero-order chi connectivity index (χ0) is 5.86. The predicted molar refractivity (Wildman–Crippen MR) is 26.3 cm³/mol. The molecule has 0 amide bonds. The van der Waals surface area contributed by atoms with E-state index >= 15 is 0 Å². The number of esters is 1. The van der Waals surface area contributed by atoms with Crippen LogP contribution in [-0.4, -0.2) is 5.97 Å². The second-order valence-corrected chi connectivity index (χ2v) is 1.18. The van der Waals surface area contributed by atoms with E-state index in [1.807, 2.05) is 0 Å². The standard InChI is InChI=1S/C5H7O2/c1-4(2)7-5(3)6/h1,3H2,2H3. The molecule has 0 aromatic carbocycles. The number of hydrogen-bond acceptors (Lipinski definition) is 2. The van der Waals surface area contributed by atoms with Crippen LogP contribution in [0.15, 0.2) is 12.3 Å². The summed E-state index contributed by atoms with van der Waals surface area (Å²) < 4.78 is 4.31. The number of carbonyl (C=O) groups is 1. The smallest absolute Gasteiger partial charge is 0.311 e. The molecule has 0 aliphatic rings. The SMILES string of the molecule is [CH2]C(=O)OC(=C)C. The van der Waals surface area contributed by atoms with Crippen molar-refractivity contribution in [1.82, 2.24) is 0 Å². The molecule has 0 aromatic rings. The summed E-state index contributed by atoms with van der Waals surface area (Å²) in [7, 11) is 0. The van der Waals surface area contributed by atoms with E-state index < -0.39 is 5.97 Å². The molecule has 2 nitrogen and oxygen atoms in total. The van der Waals surface area contributed by atoms with Crippen molar-refractivity contribution in [3.8, 4) is 0 Å². The molecule has 0 N–H and O–H groups in total. The van der Waals surface area contributed by atoms with Crippen LogP contribution in [0.5, 0.6) is 0 Å². The molecular weight excluding hydrogens is 92.1 g/mol. The summed E-state index contributed by atoms with van der Waals surface area (Å²) in [6, 6.07) is 0. The van der Waals surface area contributed by atoms with Gasteiger partial charge in [-0.25, -0.2) is 0 Å². The topological polar surface area (TPSA) is 26.3 Å². The van der Waals surface area contributed by atoms with Gasteiger partial charge in [-0.05, 0) is 6.92 Å². The van der Waals surface area contributed by atoms with Gasteiger partial charge in [0.05, 0.1) is 12.7 Å². The fourth-order valence-electron chi connectivity index (χ4n) is 0.194. The van der Waals surface area contributed by atoms with Gasteiger partial charge < -0.3 is 4.74 Å². The molecule has 7 heavy (non-hydrogen) atoms. The molecule has 0 saturated heterocycles. The number of carbonyl (C=O) groups excluding carboxylic acids is 1. The van der Waals surface area contributed by atoms with Gasteiger partial charge in [0.1, 0.15) is 0 Å². The molecule has 0 saturated carbocycles. The Balaban J connectivity index is 3.32. The number of ether oxygens (including phenoxy) is 1. The van der Waals surface area contributed by atoms with Crippen LogP contribution in [0.3, 0.4) is 0 Å². The maximum Gasteiger partial charge on any atom is 0.311 e. The van der Waals surface area contributed by atoms with Crippen LogP contribution in [0.25, 0.3) is 0 Å². The van der Waals surface area contributed by atoms with E-state index in [0.717, 1.165) is 0 Å². The lowest BCUT2D eigenvalue weighted by molar-refractivity contribution is -0.133. The van der Waals surface area contributed by atoms with Crippen molar-refractivity contribution in [3.05, 3.63) is 19.3 Å². The van der Waals surface area contributed by atoms with E-state index in [1.165, 1.54) is 0 Å². The van der Waals surface area contributed by atoms with Gasteiger partial charge in [-0.3, -0.25) is 4.79 Å². The average molecular weight is 99.1 g/mol. The maximum absolute atomic E-state index is 9.86. The van der Waals surface area contributed by atoms with Gasteiger partial charge in [0, 0.05) is 0 Å². The van der Waals surface area contributed by atoms with Crippen molar-refractivity contribution in [2.75, 3.05) is 0 Å². The Labute approximate surface area is 42.8 Å². The minimum atomic E-state index is -0.563. The van der Waals surface area contributed by atoms with E-state index in [9.17, 15) is 4.79 Å². The van der Waals surface area contributed by atoms with E-state index in [4.69, 9.17) is 0 Å². The third kappa shape index (κ3) is 5.21. The first-order valence-electron chi connectivity index (χ1n) is 1.82. The van der Waals surface area contributed by atoms with Crippen molar-refractivity contribution in [1.29, 1.82) is 0 Å². The van der Waals surface area contributed by atoms with Crippen LogP contribution in [0.2, 0.25) is 0 Å². The maximum atomic E-state index is 9.86. The Bertz CT molecular complexity index is 82.3. The molecule has 0 unspecified atom stereocenters. The highest BCUT2D eigenvalue weighted by atomic mass is 16.5. The molecule has 0 aliphatic carbocycles. The summed E-state index contributed by atoms with van der Waals surface area (Å²) in [6.45, 7) is 7.86. The van der Waals surface area contributed by atoms with Gasteiger partial charge in [-0.2, -0.15) is 0 Å². The van der Waals surface area contributed by atoms with Crippen molar-refractivity contribution < 1.29 is 9.53 Å². The minimum Gasteiger partial charge on any atom is -0.432 e. The first kappa shape index (κ1) is 6.21. The van der Waals surface area contributed by atoms with Gasteiger partial charge in [-0.15, -0.1) is 0 Å². The Morgan fingerprint density at radius 1 is 1.71 bits per heavy atom. The third-order valence-electron chi connectivity index (χ3n) is 0.288. The van der Waals surface area contributed by atoms with Gasteiger partial charge in [0.15, 0.2) is 0 Å². The van der Waals surface area contributed by atoms with Gasteiger partial charge in [-0.1, -0.05) is 6.58 Å². The lowest BCUT2D eigenvalue weighted by Gasteiger charge is -1.93. The van der Waals surface area contributed by atoms with Crippen LogP contribution >= 0.6 is 0 Å². The van der Waals surface area contributed by atoms with E-state index in [-0.39, 0.29) is 0 Å². The minimum absolute atomic E-state index is 0.375. The molecule has 39 valence electrons. The summed E-state index contributed by atoms with van der Waals surface area (Å²) in [6.07, 6.45) is 0. The highest BCUT2D eigenvalue weighted by molar-refractivity contribution is 5.74. The normalized spacial score (nSPS) is 7.71. The van der Waals surface area contributed by atoms with Crippen LogP contribution in [0, 0.1) is 6.92 Å². The lowest BCUT2D eigenvalue weighted by Crippen LogP contribution is -1.93. The Kier molecular flexibility index (Phi) is 2.12. The monoisotopic (exact) mass is 99.0 g/mol. The largest absolute Gasteiger partial charge is 0.432 e. The quantitative estimate of drug-likeness (QED) is 0.360. The molecule has 0 fully saturated rings. The highest BCUT2D eigenvalue weighted by Gasteiger charge is 1.88. The zero-order valence-corrected chi connectivity index (χ0v) is 4.23. The zero-order valence-electron chi connectivity index (χ0n) is 4.23. The molecule has 0 aromatic heterocycles. The molecule has 0 heterocycles. The average Bonchev–Trinajstić information content (AvgIpc) is 1.27. The van der Waals surface area contributed by atoms with Crippen molar-refractivity contribution in [2.24, 2.45) is 0 Å². The fourth-order valence-corrected chi connectivity index (χ4v) is 0.194. The van der Waals surface area contributed by atoms with Gasteiger partial charge in [0.2, 0.25) is 0 Å². The molecule has 0 bridgehead atoms. The van der Waals surface area contributed by atoms with Crippen molar-refractivity contribution in [3.63, 3.8) is 0 Å². The summed E-state index contributed by atoms with van der Waals surface area (Å²) in [5, 5.41) is 0. The molecule has 0 rings (SSSR count). The first-order valence-corrected chi connectivity index (χ1v) is 1.82. The fraction of sp³-hybridized carbons (Fsp3) is 0.200. The molecule has 0 aliphatic heterocycles. The lowest BCUT2D eigenvalue weighted by atomic mass is 10.6. The Morgan fingerprint density at radius 3 is 2.14 bits per heavy atom. The van der Waals surface area contributed by atoms with E-state index in [1.54, 1.807) is 6.92 Å². The second kappa shape index (κ2) is 2.39.